The van der Waals surface area contributed by atoms with Crippen molar-refractivity contribution in [1.29, 1.82) is 0 Å². The smallest absolute Gasteiger partial charge is 0.204 e. The average molecular weight is 452 g/mol. The maximum Gasteiger partial charge on any atom is 0.204 e. The van der Waals surface area contributed by atoms with Crippen LogP contribution in [0.2, 0.25) is 0 Å². The molecule has 0 spiro atoms. The minimum absolute atomic E-state index is 0.250. The second kappa shape index (κ2) is 13.1. The maximum absolute atomic E-state index is 8.58. The molecule has 2 atom stereocenters. The molecule has 0 saturated carbocycles. The molecule has 4 aromatic rings. The van der Waals surface area contributed by atoms with Crippen LogP contribution in [-0.2, 0) is 4.79 Å². The number of carbonyl (C=O) groups is 1. The highest BCUT2D eigenvalue weighted by Gasteiger charge is 2.12. The molecule has 4 aromatic carbocycles. The molecule has 0 radical (unpaired) electrons. The van der Waals surface area contributed by atoms with E-state index < -0.39 is 0 Å². The van der Waals surface area contributed by atoms with Gasteiger partial charge in [0.1, 0.15) is 0 Å². The minimum atomic E-state index is 0.250. The second-order valence-electron chi connectivity index (χ2n) is 6.83. The lowest BCUT2D eigenvalue weighted by atomic mass is 10.1. The van der Waals surface area contributed by atoms with Crippen LogP contribution in [0.3, 0.4) is 0 Å². The van der Waals surface area contributed by atoms with Crippen LogP contribution in [0.15, 0.2) is 84.9 Å². The van der Waals surface area contributed by atoms with E-state index in [-0.39, 0.29) is 6.41 Å². The van der Waals surface area contributed by atoms with Crippen molar-refractivity contribution in [2.75, 3.05) is 7.11 Å². The molecule has 1 unspecified atom stereocenters. The SMILES string of the molecule is CC(SS[C@H](C)c1ccc2ccccc2c1)c1ccc2ccccc2c1.CO.NC=O. The number of fused-ring (bicyclic) bond motifs is 2. The Labute approximate surface area is 192 Å². The fraction of sp³-hybridized carbons (Fsp3) is 0.192. The molecule has 0 aromatic heterocycles. The van der Waals surface area contributed by atoms with Crippen molar-refractivity contribution in [3.63, 3.8) is 0 Å². The topological polar surface area (TPSA) is 63.3 Å². The zero-order chi connectivity index (χ0) is 22.6. The van der Waals surface area contributed by atoms with Crippen molar-refractivity contribution in [3.8, 4) is 0 Å². The predicted molar refractivity (Wildman–Crippen MR) is 138 cm³/mol. The Bertz CT molecular complexity index is 1020. The molecular formula is C26H29NO2S2. The summed E-state index contributed by atoms with van der Waals surface area (Å²) in [5.74, 6) is 0. The van der Waals surface area contributed by atoms with Crippen LogP contribution in [0.5, 0.6) is 0 Å². The summed E-state index contributed by atoms with van der Waals surface area (Å²) in [7, 11) is 4.93. The fourth-order valence-electron chi connectivity index (χ4n) is 3.20. The number of carbonyl (C=O) groups excluding carboxylic acids is 1. The monoisotopic (exact) mass is 451 g/mol. The van der Waals surface area contributed by atoms with Crippen molar-refractivity contribution in [2.24, 2.45) is 5.73 Å². The van der Waals surface area contributed by atoms with Crippen LogP contribution < -0.4 is 5.73 Å². The van der Waals surface area contributed by atoms with Gasteiger partial charge in [-0.1, -0.05) is 107 Å². The van der Waals surface area contributed by atoms with Crippen molar-refractivity contribution in [1.82, 2.24) is 0 Å². The van der Waals surface area contributed by atoms with Gasteiger partial charge in [0.15, 0.2) is 0 Å². The van der Waals surface area contributed by atoms with Gasteiger partial charge in [-0.05, 0) is 46.5 Å². The molecule has 4 rings (SSSR count). The largest absolute Gasteiger partial charge is 0.400 e. The molecule has 0 fully saturated rings. The summed E-state index contributed by atoms with van der Waals surface area (Å²) in [5, 5.41) is 13.2. The van der Waals surface area contributed by atoms with Crippen LogP contribution in [0, 0.1) is 0 Å². The average Bonchev–Trinajstić information content (AvgIpc) is 2.83. The van der Waals surface area contributed by atoms with Crippen molar-refractivity contribution in [3.05, 3.63) is 96.1 Å². The standard InChI is InChI=1S/C24H22S2.CH3NO.CH4O/c1-17(21-13-11-19-7-3-5-9-23(19)15-21)25-26-18(2)22-14-12-20-8-4-6-10-24(20)16-22;2-1-3;1-2/h3-18H,1-2H3;1H,(H2,2,3);2H,1H3/t17-,18?;;/m1../s1. The number of amides is 1. The maximum atomic E-state index is 8.58. The Morgan fingerprint density at radius 2 is 1.00 bits per heavy atom. The molecule has 5 heteroatoms. The van der Waals surface area contributed by atoms with Crippen molar-refractivity contribution >= 4 is 49.5 Å². The van der Waals surface area contributed by atoms with Gasteiger partial charge in [0.05, 0.1) is 0 Å². The number of hydrogen-bond acceptors (Lipinski definition) is 4. The molecule has 0 saturated heterocycles. The number of primary amides is 1. The summed E-state index contributed by atoms with van der Waals surface area (Å²) in [6.07, 6.45) is 0.250. The third-order valence-electron chi connectivity index (χ3n) is 4.83. The van der Waals surface area contributed by atoms with Crippen LogP contribution in [0.1, 0.15) is 35.5 Å². The van der Waals surface area contributed by atoms with Gasteiger partial charge in [0, 0.05) is 17.6 Å². The third kappa shape index (κ3) is 7.03. The first-order valence-corrected chi connectivity index (χ1v) is 12.3. The number of rotatable bonds is 5. The Kier molecular flexibility index (Phi) is 10.4. The number of aliphatic hydroxyl groups excluding tert-OH is 1. The molecule has 31 heavy (non-hydrogen) atoms. The third-order valence-corrected chi connectivity index (χ3v) is 8.13. The van der Waals surface area contributed by atoms with E-state index >= 15 is 0 Å². The summed E-state index contributed by atoms with van der Waals surface area (Å²) in [5.41, 5.74) is 6.96. The molecule has 162 valence electrons. The molecule has 0 heterocycles. The fourth-order valence-corrected chi connectivity index (χ4v) is 5.71. The van der Waals surface area contributed by atoms with E-state index in [1.54, 1.807) is 0 Å². The summed E-state index contributed by atoms with van der Waals surface area (Å²) < 4.78 is 0. The molecule has 3 nitrogen and oxygen atoms in total. The molecular weight excluding hydrogens is 422 g/mol. The predicted octanol–water partition coefficient (Wildman–Crippen LogP) is 6.91. The lowest BCUT2D eigenvalue weighted by Gasteiger charge is -2.16. The Balaban J connectivity index is 0.000000630. The van der Waals surface area contributed by atoms with E-state index in [0.717, 1.165) is 7.11 Å². The highest BCUT2D eigenvalue weighted by Crippen LogP contribution is 2.46. The van der Waals surface area contributed by atoms with Gasteiger partial charge in [-0.15, -0.1) is 0 Å². The number of aliphatic hydroxyl groups is 1. The van der Waals surface area contributed by atoms with Gasteiger partial charge < -0.3 is 10.8 Å². The van der Waals surface area contributed by atoms with E-state index in [1.165, 1.54) is 32.7 Å². The number of nitrogens with two attached hydrogens (primary N) is 1. The first-order valence-electron chi connectivity index (χ1n) is 10.0. The summed E-state index contributed by atoms with van der Waals surface area (Å²) in [6, 6.07) is 30.8. The molecule has 0 aliphatic carbocycles. The normalized spacial score (nSPS) is 12.1. The van der Waals surface area contributed by atoms with Crippen LogP contribution in [0.25, 0.3) is 21.5 Å². The van der Waals surface area contributed by atoms with E-state index in [9.17, 15) is 0 Å². The van der Waals surface area contributed by atoms with Gasteiger partial charge in [-0.2, -0.15) is 0 Å². The highest BCUT2D eigenvalue weighted by molar-refractivity contribution is 8.76. The Hall–Kier alpha value is -2.47. The van der Waals surface area contributed by atoms with E-state index in [2.05, 4.69) is 105 Å². The Morgan fingerprint density at radius 3 is 1.35 bits per heavy atom. The lowest BCUT2D eigenvalue weighted by molar-refractivity contribution is -0.106. The molecule has 1 amide bonds. The van der Waals surface area contributed by atoms with Crippen LogP contribution in [0.4, 0.5) is 0 Å². The van der Waals surface area contributed by atoms with Crippen molar-refractivity contribution < 1.29 is 9.90 Å². The molecule has 0 aliphatic heterocycles. The van der Waals surface area contributed by atoms with E-state index in [1.807, 2.05) is 21.6 Å². The van der Waals surface area contributed by atoms with Gasteiger partial charge in [0.2, 0.25) is 6.41 Å². The number of hydrogen-bond donors (Lipinski definition) is 2. The molecule has 0 aliphatic rings. The first-order chi connectivity index (χ1) is 15.1. The first kappa shape index (κ1) is 24.8. The highest BCUT2D eigenvalue weighted by atomic mass is 33.1. The Morgan fingerprint density at radius 1 is 0.677 bits per heavy atom. The lowest BCUT2D eigenvalue weighted by Crippen LogP contribution is -1.90. The van der Waals surface area contributed by atoms with Gasteiger partial charge in [0.25, 0.3) is 0 Å². The van der Waals surface area contributed by atoms with Crippen LogP contribution in [-0.4, -0.2) is 18.6 Å². The van der Waals surface area contributed by atoms with Crippen LogP contribution >= 0.6 is 21.6 Å². The minimum Gasteiger partial charge on any atom is -0.400 e. The summed E-state index contributed by atoms with van der Waals surface area (Å²) in [6.45, 7) is 4.60. The molecule has 3 N–H and O–H groups in total. The van der Waals surface area contributed by atoms with E-state index in [4.69, 9.17) is 9.90 Å². The van der Waals surface area contributed by atoms with Gasteiger partial charge >= 0.3 is 0 Å². The van der Waals surface area contributed by atoms with Gasteiger partial charge in [-0.3, -0.25) is 4.79 Å². The van der Waals surface area contributed by atoms with Gasteiger partial charge in [-0.25, -0.2) is 0 Å². The quantitative estimate of drug-likeness (QED) is 0.256. The zero-order valence-corrected chi connectivity index (χ0v) is 19.7. The van der Waals surface area contributed by atoms with Crippen molar-refractivity contribution in [2.45, 2.75) is 24.3 Å². The summed E-state index contributed by atoms with van der Waals surface area (Å²) >= 11 is 0. The number of benzene rings is 4. The van der Waals surface area contributed by atoms with E-state index in [0.29, 0.717) is 10.5 Å². The molecule has 0 bridgehead atoms. The second-order valence-corrected chi connectivity index (χ2v) is 9.78. The zero-order valence-electron chi connectivity index (χ0n) is 18.1. The summed E-state index contributed by atoms with van der Waals surface area (Å²) in [4.78, 5) is 8.58.